The van der Waals surface area contributed by atoms with Crippen LogP contribution in [-0.4, -0.2) is 19.9 Å². The zero-order valence-electron chi connectivity index (χ0n) is 12.1. The van der Waals surface area contributed by atoms with Crippen LogP contribution in [0.15, 0.2) is 47.4 Å². The van der Waals surface area contributed by atoms with Gasteiger partial charge in [0.15, 0.2) is 11.6 Å². The van der Waals surface area contributed by atoms with E-state index in [1.807, 2.05) is 6.26 Å². The van der Waals surface area contributed by atoms with Gasteiger partial charge in [-0.1, -0.05) is 12.1 Å². The second-order valence-corrected chi connectivity index (χ2v) is 5.43. The molecular weight excluding hydrogens is 287 g/mol. The molecule has 2 aromatic rings. The lowest BCUT2D eigenvalue weighted by atomic mass is 10.1. The third-order valence-electron chi connectivity index (χ3n) is 3.25. The number of hydrogen-bond acceptors (Lipinski definition) is 4. The topological polar surface area (TPSA) is 47.3 Å². The van der Waals surface area contributed by atoms with Gasteiger partial charge in [-0.2, -0.15) is 0 Å². The summed E-state index contributed by atoms with van der Waals surface area (Å²) in [7, 11) is 1.45. The van der Waals surface area contributed by atoms with Gasteiger partial charge in [0.2, 0.25) is 0 Å². The molecule has 0 fully saturated rings. The molecule has 1 atom stereocenters. The molecule has 0 saturated heterocycles. The van der Waals surface area contributed by atoms with E-state index in [1.54, 1.807) is 23.9 Å². The first kappa shape index (κ1) is 15.7. The zero-order valence-corrected chi connectivity index (χ0v) is 12.9. The van der Waals surface area contributed by atoms with Gasteiger partial charge in [0.05, 0.1) is 13.2 Å². The summed E-state index contributed by atoms with van der Waals surface area (Å²) < 4.78 is 18.4. The quantitative estimate of drug-likeness (QED) is 0.800. The largest absolute Gasteiger partial charge is 0.494 e. The fraction of sp³-hybridized carbons (Fsp3) is 0.250. The highest BCUT2D eigenvalue weighted by Crippen LogP contribution is 2.26. The van der Waals surface area contributed by atoms with Gasteiger partial charge in [-0.25, -0.2) is 4.39 Å². The van der Waals surface area contributed by atoms with E-state index >= 15 is 0 Å². The van der Waals surface area contributed by atoms with Crippen molar-refractivity contribution < 1.29 is 9.13 Å². The van der Waals surface area contributed by atoms with E-state index in [0.717, 1.165) is 11.3 Å². The SMILES string of the molecule is COc1cc(NC(CN)c2ccc(SC)cc2)ccc1F. The van der Waals surface area contributed by atoms with E-state index in [4.69, 9.17) is 10.5 Å². The Morgan fingerprint density at radius 3 is 2.52 bits per heavy atom. The molecule has 0 heterocycles. The van der Waals surface area contributed by atoms with Crippen LogP contribution >= 0.6 is 11.8 Å². The van der Waals surface area contributed by atoms with Gasteiger partial charge >= 0.3 is 0 Å². The Morgan fingerprint density at radius 1 is 1.24 bits per heavy atom. The summed E-state index contributed by atoms with van der Waals surface area (Å²) in [5, 5.41) is 3.31. The van der Waals surface area contributed by atoms with E-state index in [-0.39, 0.29) is 17.6 Å². The number of thioether (sulfide) groups is 1. The van der Waals surface area contributed by atoms with E-state index in [2.05, 4.69) is 29.6 Å². The molecule has 21 heavy (non-hydrogen) atoms. The summed E-state index contributed by atoms with van der Waals surface area (Å²) in [6, 6.07) is 12.9. The number of rotatable bonds is 6. The van der Waals surface area contributed by atoms with Crippen LogP contribution < -0.4 is 15.8 Å². The second-order valence-electron chi connectivity index (χ2n) is 4.56. The lowest BCUT2D eigenvalue weighted by Crippen LogP contribution is -2.20. The first-order valence-electron chi connectivity index (χ1n) is 6.62. The van der Waals surface area contributed by atoms with Crippen LogP contribution in [0.5, 0.6) is 5.75 Å². The van der Waals surface area contributed by atoms with Crippen molar-refractivity contribution in [1.29, 1.82) is 0 Å². The molecule has 0 aliphatic heterocycles. The Balaban J connectivity index is 2.18. The molecule has 0 aliphatic rings. The van der Waals surface area contributed by atoms with Crippen LogP contribution in [0.25, 0.3) is 0 Å². The van der Waals surface area contributed by atoms with Crippen LogP contribution in [0.4, 0.5) is 10.1 Å². The number of ether oxygens (including phenoxy) is 1. The Morgan fingerprint density at radius 2 is 1.95 bits per heavy atom. The summed E-state index contributed by atoms with van der Waals surface area (Å²) >= 11 is 1.70. The van der Waals surface area contributed by atoms with E-state index in [1.165, 1.54) is 18.1 Å². The maximum atomic E-state index is 13.4. The number of methoxy groups -OCH3 is 1. The van der Waals surface area contributed by atoms with Gasteiger partial charge in [0, 0.05) is 23.2 Å². The molecule has 3 N–H and O–H groups in total. The van der Waals surface area contributed by atoms with Gasteiger partial charge in [0.25, 0.3) is 0 Å². The van der Waals surface area contributed by atoms with Gasteiger partial charge in [-0.15, -0.1) is 11.8 Å². The van der Waals surface area contributed by atoms with Crippen molar-refractivity contribution in [2.45, 2.75) is 10.9 Å². The number of benzene rings is 2. The minimum atomic E-state index is -0.378. The van der Waals surface area contributed by atoms with Crippen LogP contribution in [0.3, 0.4) is 0 Å². The normalized spacial score (nSPS) is 12.0. The average molecular weight is 306 g/mol. The Labute approximate surface area is 128 Å². The highest BCUT2D eigenvalue weighted by atomic mass is 32.2. The Bertz CT molecular complexity index is 589. The first-order valence-corrected chi connectivity index (χ1v) is 7.84. The molecule has 0 amide bonds. The number of nitrogens with two attached hydrogens (primary N) is 1. The molecule has 112 valence electrons. The second kappa shape index (κ2) is 7.33. The summed E-state index contributed by atoms with van der Waals surface area (Å²) in [5.41, 5.74) is 7.72. The molecule has 0 radical (unpaired) electrons. The van der Waals surface area contributed by atoms with Crippen LogP contribution in [-0.2, 0) is 0 Å². The van der Waals surface area contributed by atoms with Crippen LogP contribution in [0.2, 0.25) is 0 Å². The minimum absolute atomic E-state index is 0.0314. The van der Waals surface area contributed by atoms with Crippen molar-refractivity contribution in [3.8, 4) is 5.75 Å². The molecule has 0 spiro atoms. The van der Waals surface area contributed by atoms with Crippen LogP contribution in [0, 0.1) is 5.82 Å². The number of hydrogen-bond donors (Lipinski definition) is 2. The first-order chi connectivity index (χ1) is 10.2. The highest BCUT2D eigenvalue weighted by Gasteiger charge is 2.11. The fourth-order valence-electron chi connectivity index (χ4n) is 2.07. The van der Waals surface area contributed by atoms with Crippen molar-refractivity contribution in [2.24, 2.45) is 5.73 Å². The average Bonchev–Trinajstić information content (AvgIpc) is 2.54. The molecule has 0 aromatic heterocycles. The lowest BCUT2D eigenvalue weighted by molar-refractivity contribution is 0.386. The van der Waals surface area contributed by atoms with Crippen molar-refractivity contribution in [3.05, 3.63) is 53.8 Å². The molecule has 0 saturated carbocycles. The molecule has 3 nitrogen and oxygen atoms in total. The standard InChI is InChI=1S/C16H19FN2OS/c1-20-16-9-12(5-8-14(16)17)19-15(10-18)11-3-6-13(21-2)7-4-11/h3-9,15,19H,10,18H2,1-2H3. The van der Waals surface area contributed by atoms with Gasteiger partial charge in [-0.3, -0.25) is 0 Å². The third-order valence-corrected chi connectivity index (χ3v) is 3.99. The lowest BCUT2D eigenvalue weighted by Gasteiger charge is -2.19. The summed E-state index contributed by atoms with van der Waals surface area (Å²) in [5.74, 6) is -0.162. The van der Waals surface area contributed by atoms with E-state index in [0.29, 0.717) is 6.54 Å². The monoisotopic (exact) mass is 306 g/mol. The molecule has 2 rings (SSSR count). The fourth-order valence-corrected chi connectivity index (χ4v) is 2.47. The molecule has 0 bridgehead atoms. The number of halogens is 1. The predicted octanol–water partition coefficient (Wildman–Crippen LogP) is 3.67. The maximum Gasteiger partial charge on any atom is 0.165 e. The van der Waals surface area contributed by atoms with Gasteiger partial charge in [0.1, 0.15) is 0 Å². The van der Waals surface area contributed by atoms with Crippen molar-refractivity contribution >= 4 is 17.4 Å². The summed E-state index contributed by atoms with van der Waals surface area (Å²) in [6.07, 6.45) is 2.04. The molecular formula is C16H19FN2OS. The van der Waals surface area contributed by atoms with E-state index < -0.39 is 0 Å². The number of anilines is 1. The van der Waals surface area contributed by atoms with Gasteiger partial charge < -0.3 is 15.8 Å². The molecule has 5 heteroatoms. The Hall–Kier alpha value is -1.72. The molecule has 0 aliphatic carbocycles. The smallest absolute Gasteiger partial charge is 0.165 e. The Kier molecular flexibility index (Phi) is 5.47. The molecule has 1 unspecified atom stereocenters. The maximum absolute atomic E-state index is 13.4. The van der Waals surface area contributed by atoms with Crippen molar-refractivity contribution in [2.75, 3.05) is 25.2 Å². The zero-order chi connectivity index (χ0) is 15.2. The third kappa shape index (κ3) is 3.89. The van der Waals surface area contributed by atoms with Gasteiger partial charge in [-0.05, 0) is 36.1 Å². The summed E-state index contributed by atoms with van der Waals surface area (Å²) in [4.78, 5) is 1.21. The van der Waals surface area contributed by atoms with Crippen molar-refractivity contribution in [1.82, 2.24) is 0 Å². The van der Waals surface area contributed by atoms with Crippen molar-refractivity contribution in [3.63, 3.8) is 0 Å². The predicted molar refractivity (Wildman–Crippen MR) is 86.6 cm³/mol. The molecule has 2 aromatic carbocycles. The number of nitrogens with one attached hydrogen (secondary N) is 1. The highest BCUT2D eigenvalue weighted by molar-refractivity contribution is 7.98. The van der Waals surface area contributed by atoms with Crippen LogP contribution in [0.1, 0.15) is 11.6 Å². The van der Waals surface area contributed by atoms with E-state index in [9.17, 15) is 4.39 Å². The minimum Gasteiger partial charge on any atom is -0.494 e. The summed E-state index contributed by atoms with van der Waals surface area (Å²) in [6.45, 7) is 0.443.